The van der Waals surface area contributed by atoms with Gasteiger partial charge in [0, 0.05) is 0 Å². The van der Waals surface area contributed by atoms with Crippen LogP contribution in [0.25, 0.3) is 10.8 Å². The zero-order valence-corrected chi connectivity index (χ0v) is 24.8. The quantitative estimate of drug-likeness (QED) is 0.0606. The van der Waals surface area contributed by atoms with Gasteiger partial charge in [-0.05, 0) is 35.7 Å². The first-order valence-corrected chi connectivity index (χ1v) is 12.5. The first-order valence-electron chi connectivity index (χ1n) is 8.51. The minimum Gasteiger partial charge on any atom is -0.744 e. The first kappa shape index (κ1) is 32.0. The summed E-state index contributed by atoms with van der Waals surface area (Å²) in [7, 11) is -8.58. The zero-order chi connectivity index (χ0) is 24.4. The van der Waals surface area contributed by atoms with Gasteiger partial charge in [-0.1, -0.05) is 12.1 Å². The number of aromatic hydroxyl groups is 2. The predicted molar refractivity (Wildman–Crippen MR) is 112 cm³/mol. The summed E-state index contributed by atoms with van der Waals surface area (Å²) in [6.07, 6.45) is 0.935. The monoisotopic (exact) mass is 561 g/mol. The van der Waals surface area contributed by atoms with Crippen LogP contribution in [0.5, 0.6) is 11.5 Å². The third-order valence-electron chi connectivity index (χ3n) is 4.00. The molecule has 0 fully saturated rings. The van der Waals surface area contributed by atoms with Crippen LogP contribution in [0.15, 0.2) is 62.5 Å². The number of nitrogens with zero attached hydrogens (tertiary/aromatic N) is 2. The van der Waals surface area contributed by atoms with Gasteiger partial charge < -0.3 is 20.0 Å². The van der Waals surface area contributed by atoms with Crippen molar-refractivity contribution in [2.45, 2.75) is 9.79 Å². The maximum atomic E-state index is 11.6. The number of para-hydroxylation sites is 1. The molecule has 0 bridgehead atoms. The van der Waals surface area contributed by atoms with Gasteiger partial charge >= 0.3 is 59.1 Å². The molecule has 0 spiro atoms. The summed E-state index contributed by atoms with van der Waals surface area (Å²) in [6.45, 7) is 0. The minimum absolute atomic E-state index is 0. The molecule has 0 unspecified atom stereocenters. The first-order chi connectivity index (χ1) is 15.4. The fourth-order valence-electron chi connectivity index (χ4n) is 2.74. The molecular weight excluding hydrogens is 548 g/mol. The number of sulfonamides is 1. The van der Waals surface area contributed by atoms with E-state index in [9.17, 15) is 36.9 Å². The van der Waals surface area contributed by atoms with Gasteiger partial charge in [-0.3, -0.25) is 9.76 Å². The van der Waals surface area contributed by atoms with Crippen molar-refractivity contribution in [3.63, 3.8) is 0 Å². The topological polar surface area (TPSA) is 210 Å². The molecule has 3 aromatic carbocycles. The van der Waals surface area contributed by atoms with Crippen molar-refractivity contribution in [2.75, 3.05) is 11.0 Å². The van der Waals surface area contributed by atoms with Gasteiger partial charge in [-0.15, -0.1) is 10.2 Å². The minimum atomic E-state index is -4.94. The number of hydrogen-bond acceptors (Lipinski definition) is 13. The second-order valence-corrected chi connectivity index (χ2v) is 10.2. The van der Waals surface area contributed by atoms with Crippen LogP contribution in [-0.2, 0) is 29.5 Å². The number of phenolic OH excluding ortho intramolecular Hbond substituents is 2. The van der Waals surface area contributed by atoms with E-state index < -0.39 is 36.5 Å². The van der Waals surface area contributed by atoms with Gasteiger partial charge in [0.25, 0.3) is 0 Å². The number of phenols is 2. The molecule has 0 aliphatic rings. The molecule has 0 aromatic heterocycles. The summed E-state index contributed by atoms with van der Waals surface area (Å²) >= 11 is 0.275. The second-order valence-electron chi connectivity index (χ2n) is 6.38. The van der Waals surface area contributed by atoms with Gasteiger partial charge in [0.1, 0.15) is 27.2 Å². The van der Waals surface area contributed by atoms with Crippen LogP contribution in [0.4, 0.5) is 17.1 Å². The molecular formula is C17H13N3Na2O10S3. The Balaban J connectivity index is 0.00000306. The summed E-state index contributed by atoms with van der Waals surface area (Å²) < 4.78 is 63.6. The van der Waals surface area contributed by atoms with Crippen molar-refractivity contribution >= 4 is 60.0 Å². The number of benzene rings is 3. The number of rotatable bonds is 8. The molecule has 0 radical (unpaired) electrons. The molecule has 18 heteroatoms. The Bertz CT molecular complexity index is 1470. The van der Waals surface area contributed by atoms with Crippen LogP contribution in [0.1, 0.15) is 0 Å². The Morgan fingerprint density at radius 2 is 1.69 bits per heavy atom. The number of fused-ring (bicyclic) bond motifs is 1. The van der Waals surface area contributed by atoms with Crippen molar-refractivity contribution in [2.24, 2.45) is 10.2 Å². The SMILES string of the molecule is CS(=O)(=O)Nc1ccccc1N=Nc1c(SOO[O-])cc2cc(S(=O)(=O)[O-])cc(O)c2c1O.[Na+].[Na+]. The van der Waals surface area contributed by atoms with Crippen molar-refractivity contribution < 1.29 is 105 Å². The predicted octanol–water partition coefficient (Wildman–Crippen LogP) is -3.82. The number of nitrogens with one attached hydrogen (secondary N) is 1. The molecule has 3 rings (SSSR count). The van der Waals surface area contributed by atoms with Gasteiger partial charge in [0.05, 0.1) is 39.2 Å². The standard InChI is InChI=1S/C17H15N3O10S3.2Na/c1-32(24,25)20-12-5-3-2-4-11(12)18-19-16-14(31-30-29-23)7-9-6-10(33(26,27)28)8-13(21)15(9)17(16)22;;/h2-8,20-23H,1H3,(H,26,27,28);;/q;2*+1/p-2. The Hall–Kier alpha value is -0.990. The third kappa shape index (κ3) is 8.26. The van der Waals surface area contributed by atoms with E-state index in [4.69, 9.17) is 0 Å². The van der Waals surface area contributed by atoms with Gasteiger partial charge in [0.2, 0.25) is 10.0 Å². The molecule has 0 heterocycles. The van der Waals surface area contributed by atoms with E-state index in [-0.39, 0.29) is 104 Å². The Morgan fingerprint density at radius 1 is 1.03 bits per heavy atom. The Kier molecular flexibility index (Phi) is 11.9. The van der Waals surface area contributed by atoms with E-state index in [1.165, 1.54) is 12.1 Å². The molecule has 0 saturated carbocycles. The molecule has 0 aliphatic carbocycles. The van der Waals surface area contributed by atoms with E-state index in [1.54, 1.807) is 12.1 Å². The Morgan fingerprint density at radius 3 is 2.29 bits per heavy atom. The molecule has 3 aromatic rings. The van der Waals surface area contributed by atoms with Crippen molar-refractivity contribution in [3.8, 4) is 11.5 Å². The fraction of sp³-hybridized carbons (Fsp3) is 0.0588. The summed E-state index contributed by atoms with van der Waals surface area (Å²) in [5.74, 6) is -1.44. The van der Waals surface area contributed by atoms with E-state index in [2.05, 4.69) is 24.3 Å². The van der Waals surface area contributed by atoms with Gasteiger partial charge in [-0.2, -0.15) is 4.33 Å². The summed E-state index contributed by atoms with van der Waals surface area (Å²) in [4.78, 5) is -0.882. The second kappa shape index (κ2) is 13.0. The van der Waals surface area contributed by atoms with Crippen LogP contribution in [-0.4, -0.2) is 37.9 Å². The van der Waals surface area contributed by atoms with Crippen molar-refractivity contribution in [3.05, 3.63) is 42.5 Å². The van der Waals surface area contributed by atoms with Crippen molar-refractivity contribution in [1.82, 2.24) is 0 Å². The summed E-state index contributed by atoms with van der Waals surface area (Å²) in [5.41, 5.74) is -0.214. The molecule has 0 aliphatic heterocycles. The van der Waals surface area contributed by atoms with Crippen LogP contribution >= 0.6 is 12.0 Å². The average Bonchev–Trinajstić information content (AvgIpc) is 2.70. The molecule has 0 atom stereocenters. The average molecular weight is 561 g/mol. The number of azo groups is 1. The molecule has 0 saturated heterocycles. The normalized spacial score (nSPS) is 11.7. The Labute approximate surface area is 248 Å². The molecule has 3 N–H and O–H groups in total. The molecule has 13 nitrogen and oxygen atoms in total. The van der Waals surface area contributed by atoms with Crippen molar-refractivity contribution in [1.29, 1.82) is 0 Å². The van der Waals surface area contributed by atoms with Crippen LogP contribution < -0.4 is 69.1 Å². The maximum Gasteiger partial charge on any atom is 1.00 e. The largest absolute Gasteiger partial charge is 1.00 e. The molecule has 35 heavy (non-hydrogen) atoms. The third-order valence-corrected chi connectivity index (χ3v) is 6.02. The van der Waals surface area contributed by atoms with Gasteiger partial charge in [-0.25, -0.2) is 16.8 Å². The molecule has 176 valence electrons. The zero-order valence-electron chi connectivity index (χ0n) is 18.3. The van der Waals surface area contributed by atoms with Crippen LogP contribution in [0.3, 0.4) is 0 Å². The number of hydrogen-bond donors (Lipinski definition) is 3. The van der Waals surface area contributed by atoms with Crippen LogP contribution in [0.2, 0.25) is 0 Å². The molecule has 0 amide bonds. The summed E-state index contributed by atoms with van der Waals surface area (Å²) in [5, 5.41) is 41.9. The van der Waals surface area contributed by atoms with Gasteiger partial charge in [0.15, 0.2) is 5.75 Å². The van der Waals surface area contributed by atoms with E-state index >= 15 is 0 Å². The van der Waals surface area contributed by atoms with E-state index in [0.717, 1.165) is 18.4 Å². The fourth-order valence-corrected chi connectivity index (χ4v) is 4.34. The maximum absolute atomic E-state index is 11.6. The van der Waals surface area contributed by atoms with Crippen LogP contribution in [0, 0.1) is 0 Å². The smallest absolute Gasteiger partial charge is 0.744 e. The van der Waals surface area contributed by atoms with E-state index in [0.29, 0.717) is 6.07 Å². The summed E-state index contributed by atoms with van der Waals surface area (Å²) in [6, 6.07) is 8.62. The van der Waals surface area contributed by atoms with E-state index in [1.807, 2.05) is 0 Å². The number of anilines is 1.